The maximum atomic E-state index is 12.6. The Morgan fingerprint density at radius 3 is 2.78 bits per heavy atom. The number of fused-ring (bicyclic) bond motifs is 3. The number of ketones is 1. The number of allylic oxidation sites excluding steroid dienone is 2. The van der Waals surface area contributed by atoms with E-state index in [0.29, 0.717) is 0 Å². The molecule has 0 fully saturated rings. The van der Waals surface area contributed by atoms with Crippen molar-refractivity contribution in [1.29, 1.82) is 5.26 Å². The minimum Gasteiger partial charge on any atom is -0.451 e. The van der Waals surface area contributed by atoms with Crippen LogP contribution in [0.2, 0.25) is 0 Å². The van der Waals surface area contributed by atoms with Crippen LogP contribution in [0.1, 0.15) is 38.4 Å². The number of carbonyl (C=O) groups excluding carboxylic acids is 2. The number of aromatic nitrogens is 2. The molecule has 0 radical (unpaired) electrons. The average Bonchev–Trinajstić information content (AvgIpc) is 2.96. The van der Waals surface area contributed by atoms with Gasteiger partial charge in [-0.25, -0.2) is 4.79 Å². The molecule has 2 aliphatic carbocycles. The number of rotatable bonds is 0. The lowest BCUT2D eigenvalue weighted by Gasteiger charge is -2.49. The summed E-state index contributed by atoms with van der Waals surface area (Å²) in [5.41, 5.74) is 0.714. The monoisotopic (exact) mass is 313 g/mol. The van der Waals surface area contributed by atoms with Crippen molar-refractivity contribution in [3.8, 4) is 6.07 Å². The molecule has 0 saturated heterocycles. The van der Waals surface area contributed by atoms with Crippen LogP contribution in [0.5, 0.6) is 0 Å². The molecule has 2 atom stereocenters. The highest BCUT2D eigenvalue weighted by atomic mass is 16.5. The molecular formula is C17H19N3O3. The van der Waals surface area contributed by atoms with Gasteiger partial charge in [0.25, 0.3) is 0 Å². The summed E-state index contributed by atoms with van der Waals surface area (Å²) in [5, 5.41) is 13.8. The van der Waals surface area contributed by atoms with Gasteiger partial charge < -0.3 is 4.74 Å². The number of nitrogens with zero attached hydrogens (tertiary/aromatic N) is 3. The predicted octanol–water partition coefficient (Wildman–Crippen LogP) is 2.38. The van der Waals surface area contributed by atoms with Crippen molar-refractivity contribution < 1.29 is 14.3 Å². The summed E-state index contributed by atoms with van der Waals surface area (Å²) >= 11 is 0. The minimum atomic E-state index is -0.638. The Morgan fingerprint density at radius 2 is 2.17 bits per heavy atom. The quantitative estimate of drug-likeness (QED) is 0.734. The molecule has 0 aliphatic heterocycles. The zero-order valence-electron chi connectivity index (χ0n) is 13.7. The van der Waals surface area contributed by atoms with Gasteiger partial charge in [-0.15, -0.1) is 0 Å². The highest BCUT2D eigenvalue weighted by molar-refractivity contribution is 6.04. The third kappa shape index (κ3) is 1.96. The van der Waals surface area contributed by atoms with Crippen molar-refractivity contribution in [3.05, 3.63) is 29.1 Å². The van der Waals surface area contributed by atoms with E-state index >= 15 is 0 Å². The van der Waals surface area contributed by atoms with Gasteiger partial charge in [0.15, 0.2) is 5.78 Å². The van der Waals surface area contributed by atoms with E-state index in [2.05, 4.69) is 5.10 Å². The first kappa shape index (κ1) is 15.5. The Bertz CT molecular complexity index is 781. The third-order valence-electron chi connectivity index (χ3n) is 5.35. The lowest BCUT2D eigenvalue weighted by atomic mass is 9.52. The molecule has 0 N–H and O–H groups in total. The lowest BCUT2D eigenvalue weighted by Crippen LogP contribution is -2.51. The number of nitriles is 1. The number of Topliss-reactive ketones (excluding diaryl/α,β-unsaturated/α-hetero) is 1. The molecule has 0 amide bonds. The number of carbonyl (C=O) groups is 2. The van der Waals surface area contributed by atoms with Gasteiger partial charge in [-0.2, -0.15) is 15.0 Å². The number of methoxy groups -OCH3 is 1. The molecule has 23 heavy (non-hydrogen) atoms. The van der Waals surface area contributed by atoms with Crippen LogP contribution < -0.4 is 0 Å². The highest BCUT2D eigenvalue weighted by Gasteiger charge is 2.55. The van der Waals surface area contributed by atoms with Gasteiger partial charge in [0.2, 0.25) is 0 Å². The molecule has 2 aliphatic rings. The van der Waals surface area contributed by atoms with Crippen LogP contribution in [0.3, 0.4) is 0 Å². The van der Waals surface area contributed by atoms with E-state index < -0.39 is 16.9 Å². The number of hydrogen-bond donors (Lipinski definition) is 0. The van der Waals surface area contributed by atoms with Gasteiger partial charge in [0.05, 0.1) is 18.4 Å². The SMILES string of the molecule is COC(=O)n1cc2c(n1)[C@@]1(C)C=C(C#N)C(=O)C(C)(C)[C@H]1CC2. The topological polar surface area (TPSA) is 85.0 Å². The Labute approximate surface area is 134 Å². The summed E-state index contributed by atoms with van der Waals surface area (Å²) in [6.07, 6.45) is 4.43. The number of aryl methyl sites for hydroxylation is 1. The van der Waals surface area contributed by atoms with E-state index in [1.165, 1.54) is 11.8 Å². The molecule has 0 spiro atoms. The van der Waals surface area contributed by atoms with Crippen molar-refractivity contribution in [2.24, 2.45) is 11.3 Å². The fraction of sp³-hybridized carbons (Fsp3) is 0.529. The zero-order chi connectivity index (χ0) is 17.0. The number of hydrogen-bond acceptors (Lipinski definition) is 5. The smallest absolute Gasteiger partial charge is 0.434 e. The second kappa shape index (κ2) is 4.79. The van der Waals surface area contributed by atoms with E-state index in [1.54, 1.807) is 12.3 Å². The third-order valence-corrected chi connectivity index (χ3v) is 5.35. The summed E-state index contributed by atoms with van der Waals surface area (Å²) in [6, 6.07) is 2.02. The molecule has 0 bridgehead atoms. The lowest BCUT2D eigenvalue weighted by molar-refractivity contribution is -0.128. The van der Waals surface area contributed by atoms with E-state index in [0.717, 1.165) is 24.1 Å². The molecule has 0 saturated carbocycles. The van der Waals surface area contributed by atoms with Gasteiger partial charge in [-0.3, -0.25) is 4.79 Å². The molecule has 3 rings (SSSR count). The maximum Gasteiger partial charge on any atom is 0.434 e. The van der Waals surface area contributed by atoms with E-state index in [-0.39, 0.29) is 17.3 Å². The van der Waals surface area contributed by atoms with Gasteiger partial charge in [-0.1, -0.05) is 26.8 Å². The van der Waals surface area contributed by atoms with Gasteiger partial charge >= 0.3 is 6.09 Å². The van der Waals surface area contributed by atoms with Crippen molar-refractivity contribution in [3.63, 3.8) is 0 Å². The summed E-state index contributed by atoms with van der Waals surface area (Å²) in [7, 11) is 1.31. The van der Waals surface area contributed by atoms with Crippen molar-refractivity contribution >= 4 is 11.9 Å². The molecule has 120 valence electrons. The van der Waals surface area contributed by atoms with Crippen LogP contribution in [0.15, 0.2) is 17.8 Å². The van der Waals surface area contributed by atoms with Crippen LogP contribution >= 0.6 is 0 Å². The largest absolute Gasteiger partial charge is 0.451 e. The highest BCUT2D eigenvalue weighted by Crippen LogP contribution is 2.54. The zero-order valence-corrected chi connectivity index (χ0v) is 13.7. The van der Waals surface area contributed by atoms with Crippen LogP contribution in [0.4, 0.5) is 4.79 Å². The molecule has 1 aromatic heterocycles. The summed E-state index contributed by atoms with van der Waals surface area (Å²) in [4.78, 5) is 24.3. The van der Waals surface area contributed by atoms with Gasteiger partial charge in [0, 0.05) is 17.0 Å². The van der Waals surface area contributed by atoms with E-state index in [4.69, 9.17) is 4.74 Å². The summed E-state index contributed by atoms with van der Waals surface area (Å²) in [6.45, 7) is 5.78. The Kier molecular flexibility index (Phi) is 3.22. The van der Waals surface area contributed by atoms with Crippen LogP contribution in [-0.2, 0) is 21.4 Å². The van der Waals surface area contributed by atoms with Crippen LogP contribution in [0, 0.1) is 22.7 Å². The first-order valence-electron chi connectivity index (χ1n) is 7.60. The van der Waals surface area contributed by atoms with Crippen molar-refractivity contribution in [2.75, 3.05) is 7.11 Å². The van der Waals surface area contributed by atoms with Crippen molar-refractivity contribution in [1.82, 2.24) is 9.78 Å². The molecule has 0 aromatic carbocycles. The average molecular weight is 313 g/mol. The minimum absolute atomic E-state index is 0.0353. The van der Waals surface area contributed by atoms with Gasteiger partial charge in [0.1, 0.15) is 6.07 Å². The standard InChI is InChI=1S/C17H19N3O3/c1-16(2)12-6-5-10-9-20(15(22)23-4)19-13(10)17(12,3)7-11(8-18)14(16)21/h7,9,12H,5-6H2,1-4H3/t12-,17+/m1/s1. The maximum absolute atomic E-state index is 12.6. The first-order valence-corrected chi connectivity index (χ1v) is 7.60. The fourth-order valence-corrected chi connectivity index (χ4v) is 4.23. The van der Waals surface area contributed by atoms with Crippen molar-refractivity contribution in [2.45, 2.75) is 39.0 Å². The van der Waals surface area contributed by atoms with Crippen LogP contribution in [-0.4, -0.2) is 28.8 Å². The normalized spacial score (nSPS) is 28.2. The van der Waals surface area contributed by atoms with E-state index in [1.807, 2.05) is 26.8 Å². The second-order valence-corrected chi connectivity index (χ2v) is 7.01. The summed E-state index contributed by atoms with van der Waals surface area (Å²) < 4.78 is 5.92. The second-order valence-electron chi connectivity index (χ2n) is 7.01. The number of ether oxygens (including phenoxy) is 1. The Morgan fingerprint density at radius 1 is 1.48 bits per heavy atom. The molecule has 6 nitrogen and oxygen atoms in total. The van der Waals surface area contributed by atoms with Gasteiger partial charge in [-0.05, 0) is 24.3 Å². The van der Waals surface area contributed by atoms with E-state index in [9.17, 15) is 14.9 Å². The fourth-order valence-electron chi connectivity index (χ4n) is 4.23. The molecule has 6 heteroatoms. The van der Waals surface area contributed by atoms with Crippen LogP contribution in [0.25, 0.3) is 0 Å². The molecule has 1 heterocycles. The molecule has 0 unspecified atom stereocenters. The Balaban J connectivity index is 2.21. The molecular weight excluding hydrogens is 294 g/mol. The Hall–Kier alpha value is -2.42. The predicted molar refractivity (Wildman–Crippen MR) is 81.7 cm³/mol. The summed E-state index contributed by atoms with van der Waals surface area (Å²) in [5.74, 6) is -0.0774. The molecule has 1 aromatic rings. The first-order chi connectivity index (χ1) is 10.8.